The van der Waals surface area contributed by atoms with Crippen molar-refractivity contribution in [1.29, 1.82) is 0 Å². The van der Waals surface area contributed by atoms with E-state index in [1.807, 2.05) is 36.4 Å². The van der Waals surface area contributed by atoms with Gasteiger partial charge in [-0.2, -0.15) is 4.31 Å². The number of carbonyl (C=O) groups is 2. The minimum absolute atomic E-state index is 0.123. The second kappa shape index (κ2) is 13.7. The first kappa shape index (κ1) is 31.4. The Morgan fingerprint density at radius 2 is 1.61 bits per heavy atom. The monoisotopic (exact) mass is 635 g/mol. The van der Waals surface area contributed by atoms with Gasteiger partial charge in [0.15, 0.2) is 0 Å². The van der Waals surface area contributed by atoms with Crippen molar-refractivity contribution in [2.75, 3.05) is 13.7 Å². The minimum Gasteiger partial charge on any atom is -0.497 e. The van der Waals surface area contributed by atoms with Crippen LogP contribution in [0.2, 0.25) is 0 Å². The number of aliphatic hydroxyl groups is 1. The molecule has 1 aromatic heterocycles. The van der Waals surface area contributed by atoms with Crippen molar-refractivity contribution in [3.8, 4) is 5.75 Å². The molecule has 12 heteroatoms. The standard InChI is InChI=1S/C32H33N3O7S2/c1-42-24-14-16-25(17-15-24)44(40,41)35-20-23-19-27(43-30(23)29(36)28(35)32(38)34-39)31(37)33-18-8-13-26(21-9-4-2-5-10-21)22-11-6-3-7-12-22/h2-7,9-12,14-17,19,26,28-29,36,39H,8,13,18,20H2,1H3,(H,33,37)(H,34,38)/t28-,29-/m1/s1. The number of hydroxylamine groups is 1. The Balaban J connectivity index is 1.30. The van der Waals surface area contributed by atoms with E-state index in [0.717, 1.165) is 22.1 Å². The molecule has 2 heterocycles. The molecule has 0 unspecified atom stereocenters. The molecule has 0 radical (unpaired) electrons. The third-order valence-corrected chi connectivity index (χ3v) is 10.8. The molecule has 3 aromatic carbocycles. The van der Waals surface area contributed by atoms with Crippen LogP contribution >= 0.6 is 11.3 Å². The molecule has 4 aromatic rings. The molecule has 2 amide bonds. The Morgan fingerprint density at radius 3 is 2.18 bits per heavy atom. The van der Waals surface area contributed by atoms with E-state index in [2.05, 4.69) is 29.6 Å². The highest BCUT2D eigenvalue weighted by Gasteiger charge is 2.46. The number of carbonyl (C=O) groups excluding carboxylic acids is 2. The number of rotatable bonds is 11. The van der Waals surface area contributed by atoms with Crippen LogP contribution in [-0.4, -0.2) is 54.5 Å². The lowest BCUT2D eigenvalue weighted by Crippen LogP contribution is -2.53. The molecule has 1 aliphatic rings. The number of ether oxygens (including phenoxy) is 1. The van der Waals surface area contributed by atoms with Gasteiger partial charge in [0, 0.05) is 23.9 Å². The van der Waals surface area contributed by atoms with Gasteiger partial charge in [0.2, 0.25) is 10.0 Å². The first-order valence-electron chi connectivity index (χ1n) is 14.0. The molecule has 0 saturated carbocycles. The van der Waals surface area contributed by atoms with Gasteiger partial charge in [-0.3, -0.25) is 14.8 Å². The molecule has 1 aliphatic heterocycles. The van der Waals surface area contributed by atoms with E-state index in [4.69, 9.17) is 4.74 Å². The summed E-state index contributed by atoms with van der Waals surface area (Å²) in [7, 11) is -2.85. The normalized spacial score (nSPS) is 16.7. The number of thiophene rings is 1. The van der Waals surface area contributed by atoms with Crippen molar-refractivity contribution >= 4 is 33.2 Å². The van der Waals surface area contributed by atoms with Crippen LogP contribution in [0, 0.1) is 0 Å². The largest absolute Gasteiger partial charge is 0.497 e. The molecule has 2 atom stereocenters. The van der Waals surface area contributed by atoms with Crippen LogP contribution in [0.3, 0.4) is 0 Å². The third kappa shape index (κ3) is 6.54. The SMILES string of the molecule is COc1ccc(S(=O)(=O)N2Cc3cc(C(=O)NCCCC(c4ccccc4)c4ccccc4)sc3[C@H](O)[C@@H]2C(=O)NO)cc1. The van der Waals surface area contributed by atoms with Gasteiger partial charge in [-0.05, 0) is 59.9 Å². The van der Waals surface area contributed by atoms with E-state index in [-0.39, 0.29) is 33.0 Å². The molecule has 4 N–H and O–H groups in total. The Kier molecular flexibility index (Phi) is 9.77. The second-order valence-corrected chi connectivity index (χ2v) is 13.3. The number of aliphatic hydroxyl groups excluding tert-OH is 1. The summed E-state index contributed by atoms with van der Waals surface area (Å²) in [6.07, 6.45) is -0.0899. The highest BCUT2D eigenvalue weighted by atomic mass is 32.2. The smallest absolute Gasteiger partial charge is 0.264 e. The van der Waals surface area contributed by atoms with Crippen LogP contribution in [0.25, 0.3) is 0 Å². The molecule has 230 valence electrons. The summed E-state index contributed by atoms with van der Waals surface area (Å²) in [6.45, 7) is 0.131. The van der Waals surface area contributed by atoms with E-state index < -0.39 is 28.1 Å². The van der Waals surface area contributed by atoms with E-state index >= 15 is 0 Å². The summed E-state index contributed by atoms with van der Waals surface area (Å²) in [5.41, 5.74) is 4.26. The molecule has 0 aliphatic carbocycles. The average Bonchev–Trinajstić information content (AvgIpc) is 3.50. The number of nitrogens with zero attached hydrogens (tertiary/aromatic N) is 1. The topological polar surface area (TPSA) is 145 Å². The molecule has 0 saturated heterocycles. The fourth-order valence-electron chi connectivity index (χ4n) is 5.45. The van der Waals surface area contributed by atoms with Crippen LogP contribution in [0.5, 0.6) is 5.75 Å². The van der Waals surface area contributed by atoms with Crippen molar-refractivity contribution in [2.45, 2.75) is 42.3 Å². The summed E-state index contributed by atoms with van der Waals surface area (Å²) < 4.78 is 33.1. The average molecular weight is 636 g/mol. The number of nitrogens with one attached hydrogen (secondary N) is 2. The summed E-state index contributed by atoms with van der Waals surface area (Å²) >= 11 is 0.993. The third-order valence-electron chi connectivity index (χ3n) is 7.67. The molecular weight excluding hydrogens is 603 g/mol. The summed E-state index contributed by atoms with van der Waals surface area (Å²) in [5, 5.41) is 23.4. The number of sulfonamides is 1. The zero-order valence-electron chi connectivity index (χ0n) is 23.9. The van der Waals surface area contributed by atoms with Crippen LogP contribution in [0.15, 0.2) is 95.9 Å². The molecule has 5 rings (SSSR count). The van der Waals surface area contributed by atoms with Gasteiger partial charge in [0.1, 0.15) is 17.9 Å². The maximum Gasteiger partial charge on any atom is 0.264 e. The first-order valence-corrected chi connectivity index (χ1v) is 16.3. The molecule has 0 bridgehead atoms. The number of benzene rings is 3. The Bertz CT molecular complexity index is 1660. The van der Waals surface area contributed by atoms with Crippen molar-refractivity contribution < 1.29 is 33.1 Å². The predicted octanol–water partition coefficient (Wildman–Crippen LogP) is 4.21. The Labute approximate surface area is 259 Å². The van der Waals surface area contributed by atoms with E-state index in [1.165, 1.54) is 48.0 Å². The fraction of sp³-hybridized carbons (Fsp3) is 0.250. The number of fused-ring (bicyclic) bond motifs is 1. The maximum atomic E-state index is 13.6. The summed E-state index contributed by atoms with van der Waals surface area (Å²) in [4.78, 5) is 26.2. The quantitative estimate of drug-likeness (QED) is 0.110. The number of hydrogen-bond donors (Lipinski definition) is 4. The summed E-state index contributed by atoms with van der Waals surface area (Å²) in [5.74, 6) is -0.836. The second-order valence-electron chi connectivity index (χ2n) is 10.4. The number of methoxy groups -OCH3 is 1. The van der Waals surface area contributed by atoms with Crippen LogP contribution < -0.4 is 15.5 Å². The van der Waals surface area contributed by atoms with Gasteiger partial charge < -0.3 is 15.2 Å². The van der Waals surface area contributed by atoms with E-state index in [1.54, 1.807) is 6.07 Å². The van der Waals surface area contributed by atoms with Crippen LogP contribution in [-0.2, 0) is 21.4 Å². The zero-order valence-corrected chi connectivity index (χ0v) is 25.6. The molecule has 0 fully saturated rings. The lowest BCUT2D eigenvalue weighted by molar-refractivity contribution is -0.137. The first-order chi connectivity index (χ1) is 21.2. The highest BCUT2D eigenvalue weighted by molar-refractivity contribution is 7.89. The minimum atomic E-state index is -4.30. The van der Waals surface area contributed by atoms with Crippen molar-refractivity contribution in [3.05, 3.63) is 117 Å². The van der Waals surface area contributed by atoms with Crippen molar-refractivity contribution in [1.82, 2.24) is 15.1 Å². The lowest BCUT2D eigenvalue weighted by atomic mass is 9.87. The highest BCUT2D eigenvalue weighted by Crippen LogP contribution is 2.40. The Hall–Kier alpha value is -4.07. The van der Waals surface area contributed by atoms with Crippen molar-refractivity contribution in [3.63, 3.8) is 0 Å². The van der Waals surface area contributed by atoms with Gasteiger partial charge >= 0.3 is 0 Å². The van der Waals surface area contributed by atoms with E-state index in [0.29, 0.717) is 24.3 Å². The number of hydrogen-bond acceptors (Lipinski definition) is 8. The number of amides is 2. The van der Waals surface area contributed by atoms with Gasteiger partial charge in [-0.15, -0.1) is 11.3 Å². The lowest BCUT2D eigenvalue weighted by Gasteiger charge is -2.36. The van der Waals surface area contributed by atoms with Gasteiger partial charge in [0.05, 0.1) is 16.9 Å². The maximum absolute atomic E-state index is 13.6. The van der Waals surface area contributed by atoms with E-state index in [9.17, 15) is 28.3 Å². The zero-order chi connectivity index (χ0) is 31.3. The van der Waals surface area contributed by atoms with Gasteiger partial charge in [0.25, 0.3) is 11.8 Å². The molecular formula is C32H33N3O7S2. The van der Waals surface area contributed by atoms with Crippen LogP contribution in [0.1, 0.15) is 56.1 Å². The molecule has 10 nitrogen and oxygen atoms in total. The summed E-state index contributed by atoms with van der Waals surface area (Å²) in [6, 6.07) is 25.9. The van der Waals surface area contributed by atoms with Crippen molar-refractivity contribution in [2.24, 2.45) is 0 Å². The van der Waals surface area contributed by atoms with Gasteiger partial charge in [-0.25, -0.2) is 13.9 Å². The van der Waals surface area contributed by atoms with Crippen LogP contribution in [0.4, 0.5) is 0 Å². The predicted molar refractivity (Wildman–Crippen MR) is 165 cm³/mol. The molecule has 44 heavy (non-hydrogen) atoms. The molecule has 0 spiro atoms. The van der Waals surface area contributed by atoms with Gasteiger partial charge in [-0.1, -0.05) is 60.7 Å². The Morgan fingerprint density at radius 1 is 1.00 bits per heavy atom. The fourth-order valence-corrected chi connectivity index (χ4v) is 8.12.